The maximum atomic E-state index is 13.0. The molecule has 6 heteroatoms. The van der Waals surface area contributed by atoms with Crippen LogP contribution in [0.15, 0.2) is 36.5 Å². The summed E-state index contributed by atoms with van der Waals surface area (Å²) in [6.07, 6.45) is 2.10. The highest BCUT2D eigenvalue weighted by Crippen LogP contribution is 2.10. The molecule has 0 aliphatic carbocycles. The predicted molar refractivity (Wildman–Crippen MR) is 79.2 cm³/mol. The zero-order chi connectivity index (χ0) is 15.2. The molecule has 2 rings (SSSR count). The van der Waals surface area contributed by atoms with Gasteiger partial charge < -0.3 is 10.7 Å². The van der Waals surface area contributed by atoms with E-state index in [0.29, 0.717) is 24.3 Å². The van der Waals surface area contributed by atoms with E-state index in [2.05, 4.69) is 15.7 Å². The second-order valence-electron chi connectivity index (χ2n) is 4.65. The van der Waals surface area contributed by atoms with Crippen molar-refractivity contribution in [3.63, 3.8) is 0 Å². The minimum absolute atomic E-state index is 0.203. The molecule has 4 N–H and O–H groups in total. The summed E-state index contributed by atoms with van der Waals surface area (Å²) in [5.41, 5.74) is 4.75. The Morgan fingerprint density at radius 2 is 2.14 bits per heavy atom. The minimum atomic E-state index is -0.250. The molecular formula is C15H17FN4O. The molecule has 0 aliphatic rings. The molecule has 0 fully saturated rings. The quantitative estimate of drug-likeness (QED) is 0.579. The highest BCUT2D eigenvalue weighted by atomic mass is 19.1. The number of pyridine rings is 1. The summed E-state index contributed by atoms with van der Waals surface area (Å²) >= 11 is 0. The van der Waals surface area contributed by atoms with E-state index >= 15 is 0 Å². The van der Waals surface area contributed by atoms with Gasteiger partial charge in [-0.1, -0.05) is 6.07 Å². The molecule has 1 aromatic carbocycles. The van der Waals surface area contributed by atoms with Gasteiger partial charge in [0.2, 0.25) is 0 Å². The number of nitrogen functional groups attached to an aromatic ring is 1. The molecule has 1 amide bonds. The van der Waals surface area contributed by atoms with Crippen LogP contribution in [0, 0.1) is 12.7 Å². The van der Waals surface area contributed by atoms with Crippen LogP contribution in [0.5, 0.6) is 0 Å². The van der Waals surface area contributed by atoms with Gasteiger partial charge in [0.15, 0.2) is 0 Å². The number of halogens is 1. The lowest BCUT2D eigenvalue weighted by Gasteiger charge is -2.08. The Morgan fingerprint density at radius 1 is 1.33 bits per heavy atom. The molecule has 1 heterocycles. The van der Waals surface area contributed by atoms with Gasteiger partial charge in [-0.25, -0.2) is 15.2 Å². The molecule has 0 aliphatic heterocycles. The lowest BCUT2D eigenvalue weighted by Crippen LogP contribution is -2.26. The van der Waals surface area contributed by atoms with E-state index in [1.165, 1.54) is 18.3 Å². The molecule has 0 bridgehead atoms. The Kier molecular flexibility index (Phi) is 4.84. The van der Waals surface area contributed by atoms with Crippen LogP contribution in [0.3, 0.4) is 0 Å². The number of carbonyl (C=O) groups is 1. The first kappa shape index (κ1) is 14.9. The largest absolute Gasteiger partial charge is 0.352 e. The Hall–Kier alpha value is -2.47. The van der Waals surface area contributed by atoms with Gasteiger partial charge in [0.1, 0.15) is 11.6 Å². The number of nitrogens with zero attached hydrogens (tertiary/aromatic N) is 1. The molecule has 110 valence electrons. The lowest BCUT2D eigenvalue weighted by atomic mass is 10.1. The van der Waals surface area contributed by atoms with Gasteiger partial charge >= 0.3 is 0 Å². The fourth-order valence-corrected chi connectivity index (χ4v) is 1.97. The monoisotopic (exact) mass is 288 g/mol. The normalized spacial score (nSPS) is 10.2. The van der Waals surface area contributed by atoms with E-state index in [9.17, 15) is 9.18 Å². The first-order valence-electron chi connectivity index (χ1n) is 6.56. The minimum Gasteiger partial charge on any atom is -0.352 e. The van der Waals surface area contributed by atoms with Crippen molar-refractivity contribution < 1.29 is 9.18 Å². The van der Waals surface area contributed by atoms with Crippen LogP contribution in [-0.4, -0.2) is 17.4 Å². The second kappa shape index (κ2) is 6.81. The van der Waals surface area contributed by atoms with Crippen LogP contribution < -0.4 is 16.6 Å². The summed E-state index contributed by atoms with van der Waals surface area (Å²) in [7, 11) is 0. The van der Waals surface area contributed by atoms with Crippen molar-refractivity contribution in [2.45, 2.75) is 13.3 Å². The molecule has 0 saturated carbocycles. The molecular weight excluding hydrogens is 271 g/mol. The number of carbonyl (C=O) groups excluding carboxylic acids is 1. The molecule has 0 unspecified atom stereocenters. The third-order valence-electron chi connectivity index (χ3n) is 3.16. The third kappa shape index (κ3) is 4.00. The highest BCUT2D eigenvalue weighted by molar-refractivity contribution is 5.94. The van der Waals surface area contributed by atoms with Crippen molar-refractivity contribution in [2.75, 3.05) is 12.0 Å². The highest BCUT2D eigenvalue weighted by Gasteiger charge is 2.06. The van der Waals surface area contributed by atoms with Crippen LogP contribution in [0.25, 0.3) is 0 Å². The van der Waals surface area contributed by atoms with Gasteiger partial charge in [0.05, 0.1) is 5.56 Å². The number of benzene rings is 1. The first-order chi connectivity index (χ1) is 10.1. The van der Waals surface area contributed by atoms with Crippen LogP contribution >= 0.6 is 0 Å². The van der Waals surface area contributed by atoms with E-state index < -0.39 is 0 Å². The topological polar surface area (TPSA) is 80.0 Å². The molecule has 5 nitrogen and oxygen atoms in total. The van der Waals surface area contributed by atoms with Crippen LogP contribution in [0.1, 0.15) is 21.5 Å². The number of aromatic nitrogens is 1. The maximum Gasteiger partial charge on any atom is 0.252 e. The Balaban J connectivity index is 1.88. The zero-order valence-electron chi connectivity index (χ0n) is 11.7. The third-order valence-corrected chi connectivity index (χ3v) is 3.16. The first-order valence-corrected chi connectivity index (χ1v) is 6.56. The van der Waals surface area contributed by atoms with E-state index in [4.69, 9.17) is 5.84 Å². The Morgan fingerprint density at radius 3 is 2.76 bits per heavy atom. The van der Waals surface area contributed by atoms with Gasteiger partial charge in [-0.05, 0) is 48.7 Å². The summed E-state index contributed by atoms with van der Waals surface area (Å²) in [4.78, 5) is 15.9. The van der Waals surface area contributed by atoms with E-state index in [-0.39, 0.29) is 11.7 Å². The van der Waals surface area contributed by atoms with Crippen molar-refractivity contribution in [3.05, 3.63) is 59.0 Å². The molecule has 0 spiro atoms. The van der Waals surface area contributed by atoms with Gasteiger partial charge in [-0.2, -0.15) is 0 Å². The standard InChI is InChI=1S/C15H17FN4O/c1-10-8-13(16)4-2-11(10)6-7-18-15(21)12-3-5-14(20-17)19-9-12/h2-5,8-9H,6-7,17H2,1H3,(H,18,21)(H,19,20). The van der Waals surface area contributed by atoms with Gasteiger partial charge in [0, 0.05) is 12.7 Å². The number of amides is 1. The number of rotatable bonds is 5. The van der Waals surface area contributed by atoms with Crippen molar-refractivity contribution in [1.82, 2.24) is 10.3 Å². The number of anilines is 1. The van der Waals surface area contributed by atoms with Gasteiger partial charge in [-0.3, -0.25) is 4.79 Å². The fourth-order valence-electron chi connectivity index (χ4n) is 1.97. The summed E-state index contributed by atoms with van der Waals surface area (Å²) in [6.45, 7) is 2.32. The van der Waals surface area contributed by atoms with Crippen LogP contribution in [0.2, 0.25) is 0 Å². The second-order valence-corrected chi connectivity index (χ2v) is 4.65. The lowest BCUT2D eigenvalue weighted by molar-refractivity contribution is 0.0954. The Labute approximate surface area is 122 Å². The summed E-state index contributed by atoms with van der Waals surface area (Å²) in [5.74, 6) is 5.25. The average molecular weight is 288 g/mol. The maximum absolute atomic E-state index is 13.0. The average Bonchev–Trinajstić information content (AvgIpc) is 2.49. The smallest absolute Gasteiger partial charge is 0.252 e. The van der Waals surface area contributed by atoms with E-state index in [1.807, 2.05) is 6.92 Å². The Bertz CT molecular complexity index is 628. The molecule has 0 saturated heterocycles. The fraction of sp³-hybridized carbons (Fsp3) is 0.200. The number of nitrogens with two attached hydrogens (primary N) is 1. The van der Waals surface area contributed by atoms with Crippen LogP contribution in [0.4, 0.5) is 10.2 Å². The molecule has 2 aromatic rings. The van der Waals surface area contributed by atoms with Crippen molar-refractivity contribution in [2.24, 2.45) is 5.84 Å². The number of hydrazine groups is 1. The van der Waals surface area contributed by atoms with Gasteiger partial charge in [0.25, 0.3) is 5.91 Å². The molecule has 0 atom stereocenters. The summed E-state index contributed by atoms with van der Waals surface area (Å²) in [6, 6.07) is 7.91. The van der Waals surface area contributed by atoms with Crippen molar-refractivity contribution in [3.8, 4) is 0 Å². The predicted octanol–water partition coefficient (Wildman–Crippen LogP) is 1.79. The van der Waals surface area contributed by atoms with E-state index in [0.717, 1.165) is 11.1 Å². The zero-order valence-corrected chi connectivity index (χ0v) is 11.7. The van der Waals surface area contributed by atoms with Crippen molar-refractivity contribution in [1.29, 1.82) is 0 Å². The van der Waals surface area contributed by atoms with Crippen molar-refractivity contribution >= 4 is 11.7 Å². The van der Waals surface area contributed by atoms with Gasteiger partial charge in [-0.15, -0.1) is 0 Å². The number of hydrogen-bond acceptors (Lipinski definition) is 4. The van der Waals surface area contributed by atoms with E-state index in [1.54, 1.807) is 18.2 Å². The summed E-state index contributed by atoms with van der Waals surface area (Å²) < 4.78 is 13.0. The molecule has 1 aromatic heterocycles. The van der Waals surface area contributed by atoms with Crippen LogP contribution in [-0.2, 0) is 6.42 Å². The molecule has 0 radical (unpaired) electrons. The number of hydrogen-bond donors (Lipinski definition) is 3. The number of aryl methyl sites for hydroxylation is 1. The number of nitrogens with one attached hydrogen (secondary N) is 2. The summed E-state index contributed by atoms with van der Waals surface area (Å²) in [5, 5.41) is 2.80. The SMILES string of the molecule is Cc1cc(F)ccc1CCNC(=O)c1ccc(NN)nc1. The molecule has 21 heavy (non-hydrogen) atoms.